The van der Waals surface area contributed by atoms with E-state index < -0.39 is 28.8 Å². The molecule has 4 heterocycles. The van der Waals surface area contributed by atoms with E-state index in [9.17, 15) is 18.3 Å². The van der Waals surface area contributed by atoms with Crippen molar-refractivity contribution in [2.75, 3.05) is 24.6 Å². The van der Waals surface area contributed by atoms with Gasteiger partial charge in [-0.1, -0.05) is 0 Å². The molecule has 2 atom stereocenters. The monoisotopic (exact) mass is 411 g/mol. The van der Waals surface area contributed by atoms with Crippen molar-refractivity contribution in [3.63, 3.8) is 0 Å². The van der Waals surface area contributed by atoms with Crippen LogP contribution < -0.4 is 15.8 Å². The molecular weight excluding hydrogens is 389 g/mol. The summed E-state index contributed by atoms with van der Waals surface area (Å²) in [4.78, 5) is 16.1. The maximum Gasteiger partial charge on any atom is 0.254 e. The van der Waals surface area contributed by atoms with E-state index in [0.29, 0.717) is 24.1 Å². The minimum Gasteiger partial charge on any atom is -0.471 e. The molecule has 5 N–H and O–H groups in total. The molecule has 2 aliphatic heterocycles. The molecule has 0 aromatic carbocycles. The van der Waals surface area contributed by atoms with Crippen LogP contribution >= 0.6 is 10.6 Å². The Labute approximate surface area is 162 Å². The van der Waals surface area contributed by atoms with Crippen LogP contribution in [0.25, 0.3) is 11.1 Å². The van der Waals surface area contributed by atoms with E-state index in [-0.39, 0.29) is 35.5 Å². The standard InChI is InChI=1S/C17H22FN5O4S/c18-14-6-20-2-1-15(14)27-17-13(16(19)24)3-10(4-21-17)11-5-22-23(7-11)12-8-28(25,26)9-12/h3-5,7,12,14-15,20,25-26H,1-2,6,8-9H2,(H2,19,24)/t14-,15+/m1/s1. The van der Waals surface area contributed by atoms with E-state index in [1.165, 1.54) is 6.20 Å². The summed E-state index contributed by atoms with van der Waals surface area (Å²) in [7, 11) is -2.46. The van der Waals surface area contributed by atoms with Crippen molar-refractivity contribution in [3.05, 3.63) is 30.2 Å². The molecule has 152 valence electrons. The molecule has 0 bridgehead atoms. The highest BCUT2D eigenvalue weighted by Gasteiger charge is 2.35. The van der Waals surface area contributed by atoms with Gasteiger partial charge >= 0.3 is 0 Å². The van der Waals surface area contributed by atoms with Crippen molar-refractivity contribution in [1.29, 1.82) is 0 Å². The Balaban J connectivity index is 1.55. The SMILES string of the molecule is NC(=O)c1cc(-c2cnn(C3CS(O)(O)C3)c2)cnc1O[C@H]1CCNC[C@H]1F. The van der Waals surface area contributed by atoms with Crippen LogP contribution in [-0.4, -0.2) is 66.6 Å². The molecule has 2 aliphatic rings. The molecule has 0 radical (unpaired) electrons. The van der Waals surface area contributed by atoms with Crippen molar-refractivity contribution in [2.24, 2.45) is 5.73 Å². The van der Waals surface area contributed by atoms with Gasteiger partial charge in [-0.3, -0.25) is 18.6 Å². The van der Waals surface area contributed by atoms with Crippen molar-refractivity contribution < 1.29 is 23.0 Å². The number of nitrogens with two attached hydrogens (primary N) is 1. The Morgan fingerprint density at radius 2 is 2.14 bits per heavy atom. The zero-order valence-corrected chi connectivity index (χ0v) is 15.8. The van der Waals surface area contributed by atoms with Gasteiger partial charge in [0.05, 0.1) is 23.7 Å². The number of nitrogens with one attached hydrogen (secondary N) is 1. The van der Waals surface area contributed by atoms with Crippen LogP contribution in [-0.2, 0) is 0 Å². The molecule has 2 saturated heterocycles. The number of nitrogens with zero attached hydrogens (tertiary/aromatic N) is 3. The number of pyridine rings is 1. The fourth-order valence-electron chi connectivity index (χ4n) is 3.36. The first kappa shape index (κ1) is 19.1. The summed E-state index contributed by atoms with van der Waals surface area (Å²) in [5, 5.41) is 7.19. The summed E-state index contributed by atoms with van der Waals surface area (Å²) in [6, 6.07) is 1.49. The smallest absolute Gasteiger partial charge is 0.254 e. The lowest BCUT2D eigenvalue weighted by Crippen LogP contribution is -2.44. The number of aromatic nitrogens is 3. The van der Waals surface area contributed by atoms with Crippen molar-refractivity contribution in [3.8, 4) is 17.0 Å². The minimum atomic E-state index is -2.46. The molecule has 9 nitrogen and oxygen atoms in total. The van der Waals surface area contributed by atoms with Crippen LogP contribution in [0.15, 0.2) is 24.7 Å². The summed E-state index contributed by atoms with van der Waals surface area (Å²) in [6.45, 7) is 0.819. The number of carbonyl (C=O) groups is 1. The quantitative estimate of drug-likeness (QED) is 0.584. The molecule has 11 heteroatoms. The molecular formula is C17H22FN5O4S. The molecule has 28 heavy (non-hydrogen) atoms. The molecule has 0 unspecified atom stereocenters. The average Bonchev–Trinajstić information content (AvgIpc) is 3.11. The Kier molecular flexibility index (Phi) is 5.00. The lowest BCUT2D eigenvalue weighted by atomic mass is 10.1. The van der Waals surface area contributed by atoms with Crippen LogP contribution in [0.2, 0.25) is 0 Å². The van der Waals surface area contributed by atoms with Crippen LogP contribution in [0.4, 0.5) is 4.39 Å². The highest BCUT2D eigenvalue weighted by atomic mass is 32.3. The first-order valence-electron chi connectivity index (χ1n) is 8.92. The van der Waals surface area contributed by atoms with E-state index in [2.05, 4.69) is 15.4 Å². The Morgan fingerprint density at radius 1 is 1.36 bits per heavy atom. The number of halogens is 1. The molecule has 0 spiro atoms. The fourth-order valence-corrected chi connectivity index (χ4v) is 4.80. The highest BCUT2D eigenvalue weighted by Crippen LogP contribution is 2.53. The predicted octanol–water partition coefficient (Wildman–Crippen LogP) is 1.43. The van der Waals surface area contributed by atoms with Gasteiger partial charge in [0.1, 0.15) is 17.8 Å². The number of amides is 1. The van der Waals surface area contributed by atoms with Gasteiger partial charge < -0.3 is 15.8 Å². The lowest BCUT2D eigenvalue weighted by molar-refractivity contribution is 0.0676. The van der Waals surface area contributed by atoms with E-state index in [1.54, 1.807) is 23.1 Å². The van der Waals surface area contributed by atoms with E-state index in [1.807, 2.05) is 0 Å². The van der Waals surface area contributed by atoms with Gasteiger partial charge in [-0.15, -0.1) is 0 Å². The van der Waals surface area contributed by atoms with Gasteiger partial charge in [0, 0.05) is 30.1 Å². The molecule has 2 aromatic rings. The lowest BCUT2D eigenvalue weighted by Gasteiger charge is -2.46. The van der Waals surface area contributed by atoms with Crippen LogP contribution in [0, 0.1) is 0 Å². The number of piperidine rings is 1. The van der Waals surface area contributed by atoms with Crippen LogP contribution in [0.1, 0.15) is 22.8 Å². The van der Waals surface area contributed by atoms with E-state index in [0.717, 1.165) is 0 Å². The maximum atomic E-state index is 14.0. The molecule has 2 aromatic heterocycles. The summed E-state index contributed by atoms with van der Waals surface area (Å²) < 4.78 is 40.4. The summed E-state index contributed by atoms with van der Waals surface area (Å²) in [5.41, 5.74) is 6.87. The molecule has 0 aliphatic carbocycles. The number of ether oxygens (including phenoxy) is 1. The highest BCUT2D eigenvalue weighted by molar-refractivity contribution is 8.25. The summed E-state index contributed by atoms with van der Waals surface area (Å²) >= 11 is 0. The second-order valence-electron chi connectivity index (χ2n) is 7.10. The maximum absolute atomic E-state index is 14.0. The van der Waals surface area contributed by atoms with Crippen LogP contribution in [0.5, 0.6) is 5.88 Å². The van der Waals surface area contributed by atoms with Gasteiger partial charge in [-0.25, -0.2) is 9.37 Å². The number of hydrogen-bond donors (Lipinski definition) is 4. The third-order valence-corrected chi connectivity index (χ3v) is 6.79. The number of primary amides is 1. The topological polar surface area (TPSA) is 136 Å². The molecule has 4 rings (SSSR count). The largest absolute Gasteiger partial charge is 0.471 e. The van der Waals surface area contributed by atoms with Crippen molar-refractivity contribution >= 4 is 16.5 Å². The third-order valence-electron chi connectivity index (χ3n) is 4.96. The predicted molar refractivity (Wildman–Crippen MR) is 102 cm³/mol. The number of rotatable bonds is 5. The molecule has 0 saturated carbocycles. The van der Waals surface area contributed by atoms with Gasteiger partial charge in [0.2, 0.25) is 5.88 Å². The molecule has 2 fully saturated rings. The van der Waals surface area contributed by atoms with Gasteiger partial charge in [0.15, 0.2) is 0 Å². The van der Waals surface area contributed by atoms with E-state index in [4.69, 9.17) is 10.5 Å². The second-order valence-corrected chi connectivity index (χ2v) is 9.38. The first-order chi connectivity index (χ1) is 13.3. The van der Waals surface area contributed by atoms with E-state index >= 15 is 0 Å². The van der Waals surface area contributed by atoms with Crippen LogP contribution in [0.3, 0.4) is 0 Å². The average molecular weight is 411 g/mol. The third kappa shape index (κ3) is 3.83. The number of carbonyl (C=O) groups excluding carboxylic acids is 1. The Bertz CT molecular complexity index is 884. The van der Waals surface area contributed by atoms with Crippen molar-refractivity contribution in [1.82, 2.24) is 20.1 Å². The Morgan fingerprint density at radius 3 is 2.82 bits per heavy atom. The summed E-state index contributed by atoms with van der Waals surface area (Å²) in [6.07, 6.45) is 3.48. The second kappa shape index (κ2) is 7.32. The van der Waals surface area contributed by atoms with Gasteiger partial charge in [-0.05, 0) is 19.0 Å². The Hall–Kier alpha value is -2.21. The zero-order chi connectivity index (χ0) is 19.9. The molecule has 1 amide bonds. The minimum absolute atomic E-state index is 0.0196. The van der Waals surface area contributed by atoms with Gasteiger partial charge in [0.25, 0.3) is 5.91 Å². The fraction of sp³-hybridized carbons (Fsp3) is 0.471. The first-order valence-corrected chi connectivity index (χ1v) is 10.8. The zero-order valence-electron chi connectivity index (χ0n) is 15.0. The number of alkyl halides is 1. The summed E-state index contributed by atoms with van der Waals surface area (Å²) in [5.74, 6) is -0.126. The van der Waals surface area contributed by atoms with Crippen molar-refractivity contribution in [2.45, 2.75) is 24.7 Å². The number of hydrogen-bond acceptors (Lipinski definition) is 7. The van der Waals surface area contributed by atoms with Gasteiger partial charge in [-0.2, -0.15) is 15.7 Å². The normalized spacial score (nSPS) is 25.7.